The lowest BCUT2D eigenvalue weighted by molar-refractivity contribution is -0.167. The van der Waals surface area contributed by atoms with Gasteiger partial charge in [0.2, 0.25) is 0 Å². The van der Waals surface area contributed by atoms with E-state index in [9.17, 15) is 4.79 Å². The SMILES string of the molecule is C=C[C@]1(OC(C)=O)CC[C@H]2O[C@H]3[C@H](Br)[C@@H]4C[C@H]3[C@H]2[C@@H]41. The average molecular weight is 327 g/mol. The van der Waals surface area contributed by atoms with E-state index >= 15 is 0 Å². The molecule has 1 aliphatic heterocycles. The molecule has 1 heterocycles. The maximum atomic E-state index is 11.5. The van der Waals surface area contributed by atoms with Crippen molar-refractivity contribution >= 4 is 21.9 Å². The molecule has 4 heteroatoms. The molecule has 19 heavy (non-hydrogen) atoms. The zero-order valence-electron chi connectivity index (χ0n) is 11.0. The number of rotatable bonds is 2. The van der Waals surface area contributed by atoms with Crippen molar-refractivity contribution in [1.82, 2.24) is 0 Å². The van der Waals surface area contributed by atoms with Crippen LogP contribution >= 0.6 is 15.9 Å². The van der Waals surface area contributed by atoms with Crippen LogP contribution in [0.3, 0.4) is 0 Å². The van der Waals surface area contributed by atoms with Crippen LogP contribution in [0.4, 0.5) is 0 Å². The van der Waals surface area contributed by atoms with Gasteiger partial charge >= 0.3 is 5.97 Å². The molecule has 0 spiro atoms. The summed E-state index contributed by atoms with van der Waals surface area (Å²) in [4.78, 5) is 11.9. The molecule has 0 aromatic heterocycles. The van der Waals surface area contributed by atoms with Gasteiger partial charge < -0.3 is 9.47 Å². The van der Waals surface area contributed by atoms with Gasteiger partial charge in [0.1, 0.15) is 5.60 Å². The first kappa shape index (κ1) is 12.4. The normalized spacial score (nSPS) is 57.3. The van der Waals surface area contributed by atoms with E-state index in [0.717, 1.165) is 12.8 Å². The second-order valence-electron chi connectivity index (χ2n) is 6.54. The quantitative estimate of drug-likeness (QED) is 0.444. The summed E-state index contributed by atoms with van der Waals surface area (Å²) in [5.41, 5.74) is -0.461. The van der Waals surface area contributed by atoms with Crippen LogP contribution in [0.15, 0.2) is 12.7 Å². The Balaban J connectivity index is 1.77. The van der Waals surface area contributed by atoms with Crippen molar-refractivity contribution in [3.63, 3.8) is 0 Å². The maximum absolute atomic E-state index is 11.5. The summed E-state index contributed by atoms with van der Waals surface area (Å²) in [5, 5.41) is 0. The molecule has 4 fully saturated rings. The molecule has 3 saturated carbocycles. The van der Waals surface area contributed by atoms with Gasteiger partial charge in [-0.25, -0.2) is 0 Å². The minimum absolute atomic E-state index is 0.192. The standard InChI is InChI=1S/C15H19BrO3/c1-3-15(19-7(2)17)5-4-10-11-8-6-9(12(11)15)13(16)14(8)18-10/h3,8-14H,1,4-6H2,2H3/t8-,9+,10+,11+,12+,13+,14+,15-/m0/s1. The molecule has 0 unspecified atom stereocenters. The largest absolute Gasteiger partial charge is 0.455 e. The van der Waals surface area contributed by atoms with E-state index in [4.69, 9.17) is 9.47 Å². The Labute approximate surface area is 121 Å². The number of fused-ring (bicyclic) bond motifs is 2. The third kappa shape index (κ3) is 1.40. The first-order chi connectivity index (χ1) is 9.07. The zero-order chi connectivity index (χ0) is 13.4. The fourth-order valence-electron chi connectivity index (χ4n) is 5.46. The van der Waals surface area contributed by atoms with Gasteiger partial charge in [0.25, 0.3) is 0 Å². The van der Waals surface area contributed by atoms with E-state index in [-0.39, 0.29) is 5.97 Å². The van der Waals surface area contributed by atoms with Crippen LogP contribution in [0.2, 0.25) is 0 Å². The Morgan fingerprint density at radius 1 is 1.53 bits per heavy atom. The lowest BCUT2D eigenvalue weighted by atomic mass is 9.63. The summed E-state index contributed by atoms with van der Waals surface area (Å²) in [7, 11) is 0. The van der Waals surface area contributed by atoms with Crippen LogP contribution in [-0.4, -0.2) is 28.6 Å². The third-order valence-electron chi connectivity index (χ3n) is 5.88. The molecular weight excluding hydrogens is 308 g/mol. The summed E-state index contributed by atoms with van der Waals surface area (Å²) in [6.45, 7) is 5.49. The molecule has 0 aromatic rings. The number of carbonyl (C=O) groups excluding carboxylic acids is 1. The van der Waals surface area contributed by atoms with Gasteiger partial charge in [0.05, 0.1) is 12.2 Å². The molecule has 0 aromatic carbocycles. The van der Waals surface area contributed by atoms with Crippen LogP contribution in [-0.2, 0) is 14.3 Å². The van der Waals surface area contributed by atoms with Crippen molar-refractivity contribution in [1.29, 1.82) is 0 Å². The lowest BCUT2D eigenvalue weighted by Gasteiger charge is -2.47. The Bertz CT molecular complexity index is 451. The highest BCUT2D eigenvalue weighted by molar-refractivity contribution is 9.09. The molecule has 0 amide bonds. The molecule has 104 valence electrons. The highest BCUT2D eigenvalue weighted by Crippen LogP contribution is 2.67. The van der Waals surface area contributed by atoms with E-state index in [1.54, 1.807) is 0 Å². The minimum Gasteiger partial charge on any atom is -0.455 e. The molecule has 4 aliphatic rings. The van der Waals surface area contributed by atoms with Crippen molar-refractivity contribution in [2.75, 3.05) is 0 Å². The smallest absolute Gasteiger partial charge is 0.303 e. The fraction of sp³-hybridized carbons (Fsp3) is 0.800. The molecule has 3 aliphatic carbocycles. The van der Waals surface area contributed by atoms with Crippen molar-refractivity contribution in [2.45, 2.75) is 48.8 Å². The second kappa shape index (κ2) is 3.85. The molecular formula is C15H19BrO3. The van der Waals surface area contributed by atoms with Crippen molar-refractivity contribution in [2.24, 2.45) is 23.7 Å². The van der Waals surface area contributed by atoms with E-state index in [2.05, 4.69) is 22.5 Å². The Morgan fingerprint density at radius 3 is 3.00 bits per heavy atom. The number of esters is 1. The van der Waals surface area contributed by atoms with Gasteiger partial charge in [-0.15, -0.1) is 0 Å². The topological polar surface area (TPSA) is 35.5 Å². The number of ether oxygens (including phenoxy) is 2. The number of alkyl halides is 1. The Hall–Kier alpha value is -0.350. The minimum atomic E-state index is -0.461. The predicted octanol–water partition coefficient (Wildman–Crippen LogP) is 2.68. The van der Waals surface area contributed by atoms with Gasteiger partial charge in [-0.3, -0.25) is 4.79 Å². The van der Waals surface area contributed by atoms with Gasteiger partial charge in [0.15, 0.2) is 0 Å². The number of hydrogen-bond acceptors (Lipinski definition) is 3. The summed E-state index contributed by atoms with van der Waals surface area (Å²) in [5.74, 6) is 1.97. The molecule has 0 radical (unpaired) electrons. The second-order valence-corrected chi connectivity index (χ2v) is 7.60. The number of hydrogen-bond donors (Lipinski definition) is 0. The zero-order valence-corrected chi connectivity index (χ0v) is 12.6. The first-order valence-corrected chi connectivity index (χ1v) is 8.11. The van der Waals surface area contributed by atoms with Crippen molar-refractivity contribution in [3.8, 4) is 0 Å². The third-order valence-corrected chi connectivity index (χ3v) is 7.08. The molecule has 3 nitrogen and oxygen atoms in total. The molecule has 4 rings (SSSR count). The van der Waals surface area contributed by atoms with Crippen LogP contribution in [0.1, 0.15) is 26.2 Å². The van der Waals surface area contributed by atoms with Gasteiger partial charge in [0, 0.05) is 17.7 Å². The van der Waals surface area contributed by atoms with Gasteiger partial charge in [-0.05, 0) is 43.1 Å². The Morgan fingerprint density at radius 2 is 2.32 bits per heavy atom. The van der Waals surface area contributed by atoms with Crippen LogP contribution in [0, 0.1) is 23.7 Å². The Kier molecular flexibility index (Phi) is 2.51. The molecule has 0 N–H and O–H groups in total. The fourth-order valence-corrected chi connectivity index (χ4v) is 6.52. The van der Waals surface area contributed by atoms with E-state index < -0.39 is 5.60 Å². The average Bonchev–Trinajstić information content (AvgIpc) is 2.98. The van der Waals surface area contributed by atoms with Crippen LogP contribution in [0.25, 0.3) is 0 Å². The van der Waals surface area contributed by atoms with E-state index in [1.165, 1.54) is 13.3 Å². The van der Waals surface area contributed by atoms with Crippen molar-refractivity contribution < 1.29 is 14.3 Å². The van der Waals surface area contributed by atoms with Crippen LogP contribution < -0.4 is 0 Å². The maximum Gasteiger partial charge on any atom is 0.303 e. The number of carbonyl (C=O) groups is 1. The van der Waals surface area contributed by atoms with E-state index in [1.807, 2.05) is 6.08 Å². The van der Waals surface area contributed by atoms with Crippen molar-refractivity contribution in [3.05, 3.63) is 12.7 Å². The molecule has 8 atom stereocenters. The molecule has 2 bridgehead atoms. The molecule has 1 saturated heterocycles. The summed E-state index contributed by atoms with van der Waals surface area (Å²) < 4.78 is 12.0. The lowest BCUT2D eigenvalue weighted by Crippen LogP contribution is -2.53. The highest BCUT2D eigenvalue weighted by Gasteiger charge is 2.71. The van der Waals surface area contributed by atoms with Crippen LogP contribution in [0.5, 0.6) is 0 Å². The summed E-state index contributed by atoms with van der Waals surface area (Å²) >= 11 is 3.83. The van der Waals surface area contributed by atoms with E-state index in [0.29, 0.717) is 40.7 Å². The summed E-state index contributed by atoms with van der Waals surface area (Å²) in [6.07, 6.45) is 5.70. The predicted molar refractivity (Wildman–Crippen MR) is 73.9 cm³/mol. The monoisotopic (exact) mass is 326 g/mol. The van der Waals surface area contributed by atoms with Gasteiger partial charge in [-0.2, -0.15) is 0 Å². The number of halogens is 1. The highest BCUT2D eigenvalue weighted by atomic mass is 79.9. The summed E-state index contributed by atoms with van der Waals surface area (Å²) in [6, 6.07) is 0. The first-order valence-electron chi connectivity index (χ1n) is 7.20. The van der Waals surface area contributed by atoms with Gasteiger partial charge in [-0.1, -0.05) is 22.5 Å².